The zero-order valence-corrected chi connectivity index (χ0v) is 16.0. The van der Waals surface area contributed by atoms with Crippen molar-refractivity contribution in [1.82, 2.24) is 0 Å². The van der Waals surface area contributed by atoms with Crippen LogP contribution in [0.1, 0.15) is 20.3 Å². The first-order valence-corrected chi connectivity index (χ1v) is 7.97. The summed E-state index contributed by atoms with van der Waals surface area (Å²) in [5.41, 5.74) is 0.367. The van der Waals surface area contributed by atoms with E-state index in [1.165, 1.54) is 42.3 Å². The number of rotatable bonds is 6. The van der Waals surface area contributed by atoms with Gasteiger partial charge in [-0.05, 0) is 13.8 Å². The Morgan fingerprint density at radius 3 is 1.04 bits per heavy atom. The van der Waals surface area contributed by atoms with Crippen LogP contribution in [-0.4, -0.2) is 51.6 Å². The lowest BCUT2D eigenvalue weighted by atomic mass is 9.83. The smallest absolute Gasteiger partial charge is 0.228 e. The number of hydrogen-bond acceptors (Lipinski definition) is 8. The van der Waals surface area contributed by atoms with Crippen LogP contribution in [0.2, 0.25) is 0 Å². The molecule has 2 aliphatic rings. The topological polar surface area (TPSA) is 105 Å². The summed E-state index contributed by atoms with van der Waals surface area (Å²) in [5, 5.41) is 0. The van der Waals surface area contributed by atoms with Crippen LogP contribution in [0.15, 0.2) is 45.3 Å². The molecule has 0 N–H and O–H groups in total. The fraction of sp³-hybridized carbons (Fsp3) is 0.368. The van der Waals surface area contributed by atoms with E-state index in [9.17, 15) is 19.2 Å². The Bertz CT molecular complexity index is 807. The van der Waals surface area contributed by atoms with Gasteiger partial charge in [-0.3, -0.25) is 19.2 Å². The molecule has 0 saturated heterocycles. The zero-order valence-electron chi connectivity index (χ0n) is 16.0. The van der Waals surface area contributed by atoms with Crippen LogP contribution in [0.4, 0.5) is 0 Å². The van der Waals surface area contributed by atoms with E-state index >= 15 is 0 Å². The number of methoxy groups -OCH3 is 4. The second-order valence-electron chi connectivity index (χ2n) is 5.83. The quantitative estimate of drug-likeness (QED) is 0.639. The van der Waals surface area contributed by atoms with Gasteiger partial charge >= 0.3 is 0 Å². The molecule has 27 heavy (non-hydrogen) atoms. The molecule has 0 aromatic carbocycles. The number of carbonyl (C=O) groups excluding carboxylic acids is 4. The number of ketones is 4. The van der Waals surface area contributed by atoms with Crippen molar-refractivity contribution in [3.8, 4) is 0 Å². The molecule has 8 nitrogen and oxygen atoms in total. The first-order chi connectivity index (χ1) is 12.7. The summed E-state index contributed by atoms with van der Waals surface area (Å²) in [6.07, 6.45) is -0.222. The van der Waals surface area contributed by atoms with Gasteiger partial charge in [0.25, 0.3) is 0 Å². The van der Waals surface area contributed by atoms with Crippen LogP contribution in [0.3, 0.4) is 0 Å². The van der Waals surface area contributed by atoms with Gasteiger partial charge in [0, 0.05) is 28.7 Å². The van der Waals surface area contributed by atoms with Gasteiger partial charge in [-0.1, -0.05) is 0 Å². The highest BCUT2D eigenvalue weighted by atomic mass is 16.5. The Hall–Kier alpha value is -3.16. The Labute approximate surface area is 156 Å². The molecule has 0 atom stereocenters. The third-order valence-corrected chi connectivity index (χ3v) is 4.54. The van der Waals surface area contributed by atoms with E-state index in [4.69, 9.17) is 18.9 Å². The third-order valence-electron chi connectivity index (χ3n) is 4.54. The lowest BCUT2D eigenvalue weighted by Gasteiger charge is -2.24. The summed E-state index contributed by atoms with van der Waals surface area (Å²) in [6.45, 7) is 2.92. The molecule has 2 rings (SSSR count). The van der Waals surface area contributed by atoms with Gasteiger partial charge in [0.15, 0.2) is 0 Å². The van der Waals surface area contributed by atoms with Crippen molar-refractivity contribution < 1.29 is 38.1 Å². The molecule has 0 aromatic heterocycles. The summed E-state index contributed by atoms with van der Waals surface area (Å²) in [4.78, 5) is 50.5. The maximum atomic E-state index is 12.8. The molecule has 8 heteroatoms. The molecule has 144 valence electrons. The Morgan fingerprint density at radius 1 is 0.519 bits per heavy atom. The average Bonchev–Trinajstić information content (AvgIpc) is 2.66. The molecule has 0 aliphatic heterocycles. The lowest BCUT2D eigenvalue weighted by Crippen LogP contribution is -2.29. The maximum Gasteiger partial charge on any atom is 0.228 e. The minimum absolute atomic E-state index is 0.0597. The van der Waals surface area contributed by atoms with Gasteiger partial charge in [0.05, 0.1) is 28.4 Å². The van der Waals surface area contributed by atoms with E-state index in [1.54, 1.807) is 0 Å². The zero-order chi connectivity index (χ0) is 20.5. The number of allylic oxidation sites excluding steroid dienone is 4. The molecule has 0 fully saturated rings. The van der Waals surface area contributed by atoms with Crippen molar-refractivity contribution in [2.45, 2.75) is 20.3 Å². The van der Waals surface area contributed by atoms with Crippen molar-refractivity contribution in [2.75, 3.05) is 28.4 Å². The van der Waals surface area contributed by atoms with E-state index in [-0.39, 0.29) is 51.7 Å². The van der Waals surface area contributed by atoms with Gasteiger partial charge in [-0.25, -0.2) is 0 Å². The van der Waals surface area contributed by atoms with E-state index in [0.717, 1.165) is 0 Å². The van der Waals surface area contributed by atoms with E-state index < -0.39 is 23.1 Å². The van der Waals surface area contributed by atoms with Gasteiger partial charge in [0.1, 0.15) is 0 Å². The van der Waals surface area contributed by atoms with Gasteiger partial charge in [-0.15, -0.1) is 0 Å². The highest BCUT2D eigenvalue weighted by Gasteiger charge is 2.39. The van der Waals surface area contributed by atoms with Crippen molar-refractivity contribution in [3.63, 3.8) is 0 Å². The van der Waals surface area contributed by atoms with Gasteiger partial charge in [0.2, 0.25) is 46.2 Å². The third kappa shape index (κ3) is 3.07. The summed E-state index contributed by atoms with van der Waals surface area (Å²) in [5.74, 6) is -3.06. The monoisotopic (exact) mass is 376 g/mol. The summed E-state index contributed by atoms with van der Waals surface area (Å²) < 4.78 is 20.0. The van der Waals surface area contributed by atoms with Crippen LogP contribution in [0.25, 0.3) is 0 Å². The van der Waals surface area contributed by atoms with Crippen LogP contribution < -0.4 is 0 Å². The Kier molecular flexibility index (Phi) is 5.68. The molecule has 0 heterocycles. The van der Waals surface area contributed by atoms with Crippen molar-refractivity contribution >= 4 is 23.1 Å². The second kappa shape index (κ2) is 7.61. The first-order valence-electron chi connectivity index (χ1n) is 7.97. The standard InChI is InChI=1S/C19H20O8/c1-8-10(14(22)18(26-5)16(24-3)12(8)20)7-11-9(2)13(21)17(25-4)19(27-6)15(11)23/h7H2,1-6H3. The van der Waals surface area contributed by atoms with Gasteiger partial charge < -0.3 is 18.9 Å². The Morgan fingerprint density at radius 2 is 0.778 bits per heavy atom. The molecule has 0 amide bonds. The molecule has 0 unspecified atom stereocenters. The highest BCUT2D eigenvalue weighted by Crippen LogP contribution is 2.34. The van der Waals surface area contributed by atoms with Crippen molar-refractivity contribution in [2.24, 2.45) is 0 Å². The minimum atomic E-state index is -0.576. The maximum absolute atomic E-state index is 12.8. The number of hydrogen-bond donors (Lipinski definition) is 0. The minimum Gasteiger partial charge on any atom is -0.489 e. The Balaban J connectivity index is 2.53. The second-order valence-corrected chi connectivity index (χ2v) is 5.83. The SMILES string of the molecule is COC1=C(OC)C(=O)C(CC2=C(C)C(=O)C(OC)=C(OC)C2=O)=C(C)C1=O. The molecule has 0 bridgehead atoms. The van der Waals surface area contributed by atoms with Gasteiger partial charge in [-0.2, -0.15) is 0 Å². The lowest BCUT2D eigenvalue weighted by molar-refractivity contribution is -0.122. The summed E-state index contributed by atoms with van der Waals surface area (Å²) >= 11 is 0. The number of carbonyl (C=O) groups is 4. The molecule has 0 aromatic rings. The van der Waals surface area contributed by atoms with Crippen LogP contribution in [-0.2, 0) is 38.1 Å². The van der Waals surface area contributed by atoms with E-state index in [0.29, 0.717) is 0 Å². The molecule has 0 saturated carbocycles. The van der Waals surface area contributed by atoms with E-state index in [2.05, 4.69) is 0 Å². The van der Waals surface area contributed by atoms with Crippen LogP contribution in [0.5, 0.6) is 0 Å². The fourth-order valence-corrected chi connectivity index (χ4v) is 2.99. The average molecular weight is 376 g/mol. The predicted octanol–water partition coefficient (Wildman–Crippen LogP) is 1.32. The van der Waals surface area contributed by atoms with Crippen LogP contribution >= 0.6 is 0 Å². The molecular weight excluding hydrogens is 356 g/mol. The first kappa shape index (κ1) is 20.2. The van der Waals surface area contributed by atoms with Crippen LogP contribution in [0, 0.1) is 0 Å². The van der Waals surface area contributed by atoms with Crippen molar-refractivity contribution in [3.05, 3.63) is 45.3 Å². The fourth-order valence-electron chi connectivity index (χ4n) is 2.99. The largest absolute Gasteiger partial charge is 0.489 e. The molecule has 2 aliphatic carbocycles. The summed E-state index contributed by atoms with van der Waals surface area (Å²) in [7, 11) is 5.01. The number of Topliss-reactive ketones (excluding diaryl/α,β-unsaturated/α-hetero) is 4. The molecule has 0 spiro atoms. The summed E-state index contributed by atoms with van der Waals surface area (Å²) in [6, 6.07) is 0. The number of ether oxygens (including phenoxy) is 4. The van der Waals surface area contributed by atoms with Crippen molar-refractivity contribution in [1.29, 1.82) is 0 Å². The highest BCUT2D eigenvalue weighted by molar-refractivity contribution is 6.26. The normalized spacial score (nSPS) is 18.6. The van der Waals surface area contributed by atoms with E-state index in [1.807, 2.05) is 0 Å². The predicted molar refractivity (Wildman–Crippen MR) is 92.1 cm³/mol. The molecule has 0 radical (unpaired) electrons. The molecular formula is C19H20O8.